The first-order valence-corrected chi connectivity index (χ1v) is 5.50. The second-order valence-electron chi connectivity index (χ2n) is 3.86. The van der Waals surface area contributed by atoms with E-state index in [0.717, 1.165) is 11.1 Å². The highest BCUT2D eigenvalue weighted by molar-refractivity contribution is 5.98. The van der Waals surface area contributed by atoms with Gasteiger partial charge >= 0.3 is 0 Å². The molecule has 2 aromatic rings. The predicted octanol–water partition coefficient (Wildman–Crippen LogP) is 2.68. The second-order valence-corrected chi connectivity index (χ2v) is 3.86. The largest absolute Gasteiger partial charge is 0.363 e. The highest BCUT2D eigenvalue weighted by Crippen LogP contribution is 2.05. The maximum atomic E-state index is 11.8. The molecule has 2 rings (SSSR count). The van der Waals surface area contributed by atoms with Crippen LogP contribution in [0.4, 0.5) is 5.82 Å². The van der Waals surface area contributed by atoms with Crippen LogP contribution in [0.2, 0.25) is 0 Å². The van der Waals surface area contributed by atoms with Crippen LogP contribution in [0.25, 0.3) is 0 Å². The monoisotopic (exact) mass is 226 g/mol. The number of nitrogens with one attached hydrogen (secondary N) is 1. The first kappa shape index (κ1) is 11.3. The fraction of sp³-hybridized carbons (Fsp3) is 0.143. The third-order valence-corrected chi connectivity index (χ3v) is 2.47. The minimum atomic E-state index is 0.0654. The zero-order valence-electron chi connectivity index (χ0n) is 9.68. The first-order chi connectivity index (χ1) is 8.25. The Bertz CT molecular complexity index is 491. The minimum absolute atomic E-state index is 0.0654. The van der Waals surface area contributed by atoms with Gasteiger partial charge in [0.25, 0.3) is 0 Å². The van der Waals surface area contributed by atoms with Crippen LogP contribution in [0.5, 0.6) is 0 Å². The number of ketones is 1. The van der Waals surface area contributed by atoms with E-state index in [1.54, 1.807) is 6.20 Å². The summed E-state index contributed by atoms with van der Waals surface area (Å²) in [6.45, 7) is 2.26. The summed E-state index contributed by atoms with van der Waals surface area (Å²) in [4.78, 5) is 15.9. The Morgan fingerprint density at radius 2 is 1.94 bits per heavy atom. The number of pyridine rings is 1. The molecule has 1 N–H and O–H groups in total. The highest BCUT2D eigenvalue weighted by Gasteiger charge is 2.04. The van der Waals surface area contributed by atoms with Crippen molar-refractivity contribution in [3.8, 4) is 0 Å². The average molecular weight is 226 g/mol. The molecule has 0 saturated carbocycles. The van der Waals surface area contributed by atoms with E-state index >= 15 is 0 Å². The van der Waals surface area contributed by atoms with E-state index in [1.807, 2.05) is 49.4 Å². The molecule has 1 aromatic carbocycles. The molecule has 0 bridgehead atoms. The molecule has 0 radical (unpaired) electrons. The molecule has 0 aliphatic heterocycles. The third kappa shape index (κ3) is 3.14. The number of aryl methyl sites for hydroxylation is 1. The summed E-state index contributed by atoms with van der Waals surface area (Å²) in [6, 6.07) is 13.1. The zero-order valence-corrected chi connectivity index (χ0v) is 9.68. The van der Waals surface area contributed by atoms with Crippen molar-refractivity contribution in [3.63, 3.8) is 0 Å². The highest BCUT2D eigenvalue weighted by atomic mass is 16.1. The van der Waals surface area contributed by atoms with E-state index in [1.165, 1.54) is 0 Å². The lowest BCUT2D eigenvalue weighted by Crippen LogP contribution is -2.14. The molecular formula is C14H14N2O. The lowest BCUT2D eigenvalue weighted by atomic mass is 10.1. The molecule has 0 spiro atoms. The summed E-state index contributed by atoms with van der Waals surface area (Å²) >= 11 is 0. The molecule has 17 heavy (non-hydrogen) atoms. The van der Waals surface area contributed by atoms with Crippen LogP contribution in [0.1, 0.15) is 15.9 Å². The van der Waals surface area contributed by atoms with Gasteiger partial charge in [0.15, 0.2) is 5.78 Å². The molecule has 0 aliphatic rings. The van der Waals surface area contributed by atoms with E-state index < -0.39 is 0 Å². The van der Waals surface area contributed by atoms with Gasteiger partial charge < -0.3 is 5.32 Å². The first-order valence-electron chi connectivity index (χ1n) is 5.50. The van der Waals surface area contributed by atoms with E-state index in [9.17, 15) is 4.79 Å². The van der Waals surface area contributed by atoms with Crippen LogP contribution in [-0.4, -0.2) is 17.3 Å². The Balaban J connectivity index is 1.96. The van der Waals surface area contributed by atoms with Gasteiger partial charge in [-0.1, -0.05) is 35.9 Å². The van der Waals surface area contributed by atoms with Crippen LogP contribution in [0.3, 0.4) is 0 Å². The zero-order chi connectivity index (χ0) is 12.1. The smallest absolute Gasteiger partial charge is 0.181 e. The van der Waals surface area contributed by atoms with Crippen molar-refractivity contribution in [1.29, 1.82) is 0 Å². The van der Waals surface area contributed by atoms with Gasteiger partial charge in [-0.05, 0) is 19.1 Å². The van der Waals surface area contributed by atoms with Crippen LogP contribution >= 0.6 is 0 Å². The van der Waals surface area contributed by atoms with Gasteiger partial charge in [-0.2, -0.15) is 0 Å². The van der Waals surface area contributed by atoms with Crippen molar-refractivity contribution in [2.24, 2.45) is 0 Å². The van der Waals surface area contributed by atoms with Gasteiger partial charge in [0, 0.05) is 11.8 Å². The van der Waals surface area contributed by atoms with Crippen LogP contribution in [0.15, 0.2) is 48.7 Å². The van der Waals surface area contributed by atoms with Crippen molar-refractivity contribution in [1.82, 2.24) is 4.98 Å². The van der Waals surface area contributed by atoms with Gasteiger partial charge in [-0.3, -0.25) is 4.79 Å². The number of hydrogen-bond acceptors (Lipinski definition) is 3. The fourth-order valence-electron chi connectivity index (χ4n) is 1.48. The average Bonchev–Trinajstić information content (AvgIpc) is 2.38. The van der Waals surface area contributed by atoms with Gasteiger partial charge in [-0.15, -0.1) is 0 Å². The van der Waals surface area contributed by atoms with E-state index in [0.29, 0.717) is 5.82 Å². The second kappa shape index (κ2) is 5.25. The summed E-state index contributed by atoms with van der Waals surface area (Å²) < 4.78 is 0. The molecule has 0 amide bonds. The topological polar surface area (TPSA) is 42.0 Å². The fourth-order valence-corrected chi connectivity index (χ4v) is 1.48. The SMILES string of the molecule is Cc1ccc(C(=O)CNc2ccccn2)cc1. The molecular weight excluding hydrogens is 212 g/mol. The Morgan fingerprint density at radius 1 is 1.18 bits per heavy atom. The Labute approximate surface area is 101 Å². The number of hydrogen-bond donors (Lipinski definition) is 1. The Kier molecular flexibility index (Phi) is 3.50. The summed E-state index contributed by atoms with van der Waals surface area (Å²) in [5.41, 5.74) is 1.87. The van der Waals surface area contributed by atoms with Gasteiger partial charge in [0.1, 0.15) is 5.82 Å². The van der Waals surface area contributed by atoms with Crippen LogP contribution < -0.4 is 5.32 Å². The molecule has 1 heterocycles. The van der Waals surface area contributed by atoms with Gasteiger partial charge in [0.05, 0.1) is 6.54 Å². The molecule has 0 saturated heterocycles. The standard InChI is InChI=1S/C14H14N2O/c1-11-5-7-12(8-6-11)13(17)10-16-14-4-2-3-9-15-14/h2-9H,10H2,1H3,(H,15,16). The van der Waals surface area contributed by atoms with E-state index in [2.05, 4.69) is 10.3 Å². The van der Waals surface area contributed by atoms with Crippen molar-refractivity contribution in [2.75, 3.05) is 11.9 Å². The van der Waals surface area contributed by atoms with E-state index in [4.69, 9.17) is 0 Å². The van der Waals surface area contributed by atoms with Gasteiger partial charge in [-0.25, -0.2) is 4.98 Å². The molecule has 86 valence electrons. The molecule has 0 unspecified atom stereocenters. The minimum Gasteiger partial charge on any atom is -0.363 e. The molecule has 0 aliphatic carbocycles. The van der Waals surface area contributed by atoms with Crippen molar-refractivity contribution >= 4 is 11.6 Å². The maximum Gasteiger partial charge on any atom is 0.181 e. The Hall–Kier alpha value is -2.16. The summed E-state index contributed by atoms with van der Waals surface area (Å²) in [5.74, 6) is 0.781. The number of anilines is 1. The van der Waals surface area contributed by atoms with Crippen molar-refractivity contribution in [3.05, 3.63) is 59.8 Å². The van der Waals surface area contributed by atoms with Crippen molar-refractivity contribution < 1.29 is 4.79 Å². The van der Waals surface area contributed by atoms with Gasteiger partial charge in [0.2, 0.25) is 0 Å². The van der Waals surface area contributed by atoms with Crippen LogP contribution in [0, 0.1) is 6.92 Å². The number of rotatable bonds is 4. The number of benzene rings is 1. The molecule has 1 aromatic heterocycles. The third-order valence-electron chi connectivity index (χ3n) is 2.47. The lowest BCUT2D eigenvalue weighted by molar-refractivity contribution is 0.101. The number of carbonyl (C=O) groups excluding carboxylic acids is 1. The predicted molar refractivity (Wildman–Crippen MR) is 68.2 cm³/mol. The number of carbonyl (C=O) groups is 1. The number of Topliss-reactive ketones (excluding diaryl/α,β-unsaturated/α-hetero) is 1. The molecule has 0 atom stereocenters. The lowest BCUT2D eigenvalue weighted by Gasteiger charge is -2.04. The van der Waals surface area contributed by atoms with Crippen molar-refractivity contribution in [2.45, 2.75) is 6.92 Å². The number of nitrogens with zero attached hydrogens (tertiary/aromatic N) is 1. The molecule has 3 nitrogen and oxygen atoms in total. The summed E-state index contributed by atoms with van der Waals surface area (Å²) in [7, 11) is 0. The number of aromatic nitrogens is 1. The molecule has 0 fully saturated rings. The Morgan fingerprint density at radius 3 is 2.59 bits per heavy atom. The maximum absolute atomic E-state index is 11.8. The molecule has 3 heteroatoms. The summed E-state index contributed by atoms with van der Waals surface area (Å²) in [5, 5.41) is 3.00. The normalized spacial score (nSPS) is 9.94. The van der Waals surface area contributed by atoms with Crippen LogP contribution in [-0.2, 0) is 0 Å². The van der Waals surface area contributed by atoms with E-state index in [-0.39, 0.29) is 12.3 Å². The quantitative estimate of drug-likeness (QED) is 0.815. The summed E-state index contributed by atoms with van der Waals surface area (Å²) in [6.07, 6.45) is 1.69.